The molecule has 1 unspecified atom stereocenters. The summed E-state index contributed by atoms with van der Waals surface area (Å²) in [6, 6.07) is 17.6. The lowest BCUT2D eigenvalue weighted by molar-refractivity contribution is -0.125. The van der Waals surface area contributed by atoms with Gasteiger partial charge in [-0.05, 0) is 36.5 Å². The molecule has 0 aliphatic carbocycles. The second-order valence-electron chi connectivity index (χ2n) is 7.86. The van der Waals surface area contributed by atoms with Gasteiger partial charge in [0.2, 0.25) is 5.91 Å². The molecule has 2 heterocycles. The molecule has 2 aliphatic rings. The van der Waals surface area contributed by atoms with Crippen molar-refractivity contribution in [2.45, 2.75) is 30.6 Å². The molecule has 0 radical (unpaired) electrons. The van der Waals surface area contributed by atoms with Crippen molar-refractivity contribution in [2.24, 2.45) is 5.73 Å². The maximum Gasteiger partial charge on any atom is 0.317 e. The molecule has 6 nitrogen and oxygen atoms in total. The Balaban J connectivity index is 1.37. The Labute approximate surface area is 171 Å². The maximum absolute atomic E-state index is 12.7. The Morgan fingerprint density at radius 2 is 1.76 bits per heavy atom. The first-order valence-corrected chi connectivity index (χ1v) is 10.2. The highest BCUT2D eigenvalue weighted by Crippen LogP contribution is 2.36. The standard InChI is InChI=1S/C23H27N3O3/c24-21(27)23(18-6-2-1-3-7-18)11-13-26(14-12-23)22(28)25-16-17-10-15-29-20-9-5-4-8-19(17)20/h1-9,17H,10-16H2,(H2,24,27)(H,25,28). The molecule has 4 rings (SSSR count). The van der Waals surface area contributed by atoms with Crippen molar-refractivity contribution in [1.82, 2.24) is 10.2 Å². The van der Waals surface area contributed by atoms with Crippen molar-refractivity contribution in [2.75, 3.05) is 26.2 Å². The van der Waals surface area contributed by atoms with Crippen molar-refractivity contribution in [3.63, 3.8) is 0 Å². The van der Waals surface area contributed by atoms with Gasteiger partial charge < -0.3 is 20.7 Å². The predicted octanol–water partition coefficient (Wildman–Crippen LogP) is 2.78. The van der Waals surface area contributed by atoms with Crippen LogP contribution in [0, 0.1) is 0 Å². The number of urea groups is 1. The van der Waals surface area contributed by atoms with Crippen LogP contribution in [0.3, 0.4) is 0 Å². The average Bonchev–Trinajstić information content (AvgIpc) is 2.78. The van der Waals surface area contributed by atoms with Crippen LogP contribution in [-0.4, -0.2) is 43.1 Å². The predicted molar refractivity (Wildman–Crippen MR) is 111 cm³/mol. The molecule has 1 atom stereocenters. The number of likely N-dealkylation sites (tertiary alicyclic amines) is 1. The number of piperidine rings is 1. The number of para-hydroxylation sites is 1. The molecule has 2 aliphatic heterocycles. The van der Waals surface area contributed by atoms with Crippen molar-refractivity contribution < 1.29 is 14.3 Å². The number of amides is 3. The van der Waals surface area contributed by atoms with Crippen LogP contribution in [0.15, 0.2) is 54.6 Å². The van der Waals surface area contributed by atoms with Crippen LogP contribution in [0.4, 0.5) is 4.79 Å². The van der Waals surface area contributed by atoms with Crippen LogP contribution in [0.2, 0.25) is 0 Å². The fourth-order valence-corrected chi connectivity index (χ4v) is 4.48. The van der Waals surface area contributed by atoms with Crippen molar-refractivity contribution >= 4 is 11.9 Å². The van der Waals surface area contributed by atoms with Gasteiger partial charge in [0.05, 0.1) is 12.0 Å². The number of nitrogens with two attached hydrogens (primary N) is 1. The Morgan fingerprint density at radius 3 is 2.48 bits per heavy atom. The molecule has 1 fully saturated rings. The number of hydrogen-bond acceptors (Lipinski definition) is 3. The van der Waals surface area contributed by atoms with Gasteiger partial charge in [0, 0.05) is 25.6 Å². The largest absolute Gasteiger partial charge is 0.493 e. The summed E-state index contributed by atoms with van der Waals surface area (Å²) in [6.07, 6.45) is 1.97. The summed E-state index contributed by atoms with van der Waals surface area (Å²) in [7, 11) is 0. The van der Waals surface area contributed by atoms with E-state index in [-0.39, 0.29) is 17.9 Å². The summed E-state index contributed by atoms with van der Waals surface area (Å²) < 4.78 is 5.70. The summed E-state index contributed by atoms with van der Waals surface area (Å²) in [5, 5.41) is 3.07. The van der Waals surface area contributed by atoms with Gasteiger partial charge in [-0.25, -0.2) is 4.79 Å². The Kier molecular flexibility index (Phi) is 5.43. The quantitative estimate of drug-likeness (QED) is 0.838. The van der Waals surface area contributed by atoms with E-state index in [2.05, 4.69) is 11.4 Å². The van der Waals surface area contributed by atoms with E-state index in [0.717, 1.165) is 23.3 Å². The van der Waals surface area contributed by atoms with Gasteiger partial charge >= 0.3 is 6.03 Å². The monoisotopic (exact) mass is 393 g/mol. The zero-order chi connectivity index (χ0) is 20.3. The molecule has 3 amide bonds. The zero-order valence-corrected chi connectivity index (χ0v) is 16.5. The number of nitrogens with one attached hydrogen (secondary N) is 1. The van der Waals surface area contributed by atoms with Crippen LogP contribution in [0.1, 0.15) is 36.3 Å². The smallest absolute Gasteiger partial charge is 0.317 e. The van der Waals surface area contributed by atoms with E-state index >= 15 is 0 Å². The summed E-state index contributed by atoms with van der Waals surface area (Å²) in [4.78, 5) is 26.8. The van der Waals surface area contributed by atoms with E-state index in [4.69, 9.17) is 10.5 Å². The third kappa shape index (κ3) is 3.79. The lowest BCUT2D eigenvalue weighted by Crippen LogP contribution is -2.53. The Bertz CT molecular complexity index is 876. The van der Waals surface area contributed by atoms with Gasteiger partial charge in [-0.15, -0.1) is 0 Å². The van der Waals surface area contributed by atoms with E-state index in [1.165, 1.54) is 0 Å². The molecule has 29 heavy (non-hydrogen) atoms. The van der Waals surface area contributed by atoms with Crippen molar-refractivity contribution in [1.29, 1.82) is 0 Å². The number of rotatable bonds is 4. The van der Waals surface area contributed by atoms with E-state index in [1.54, 1.807) is 4.90 Å². The summed E-state index contributed by atoms with van der Waals surface area (Å²) in [5.41, 5.74) is 7.17. The number of fused-ring (bicyclic) bond motifs is 1. The fourth-order valence-electron chi connectivity index (χ4n) is 4.48. The first-order chi connectivity index (χ1) is 14.1. The molecule has 0 aromatic heterocycles. The minimum atomic E-state index is -0.697. The Morgan fingerprint density at radius 1 is 1.07 bits per heavy atom. The molecule has 0 saturated carbocycles. The maximum atomic E-state index is 12.7. The van der Waals surface area contributed by atoms with Crippen LogP contribution in [-0.2, 0) is 10.2 Å². The molecule has 1 saturated heterocycles. The third-order valence-corrected chi connectivity index (χ3v) is 6.28. The topological polar surface area (TPSA) is 84.7 Å². The molecular weight excluding hydrogens is 366 g/mol. The minimum Gasteiger partial charge on any atom is -0.493 e. The van der Waals surface area contributed by atoms with E-state index < -0.39 is 5.41 Å². The molecule has 3 N–H and O–H groups in total. The highest BCUT2D eigenvalue weighted by atomic mass is 16.5. The number of primary amides is 1. The molecule has 0 bridgehead atoms. The number of nitrogens with zero attached hydrogens (tertiary/aromatic N) is 1. The SMILES string of the molecule is NC(=O)C1(c2ccccc2)CCN(C(=O)NCC2CCOc3ccccc32)CC1. The summed E-state index contributed by atoms with van der Waals surface area (Å²) >= 11 is 0. The normalized spacial score (nSPS) is 20.3. The van der Waals surface area contributed by atoms with Crippen LogP contribution >= 0.6 is 0 Å². The molecule has 2 aromatic rings. The Hall–Kier alpha value is -3.02. The molecule has 2 aromatic carbocycles. The van der Waals surface area contributed by atoms with E-state index in [1.807, 2.05) is 48.5 Å². The van der Waals surface area contributed by atoms with Gasteiger partial charge in [-0.2, -0.15) is 0 Å². The van der Waals surface area contributed by atoms with E-state index in [0.29, 0.717) is 39.1 Å². The highest BCUT2D eigenvalue weighted by Gasteiger charge is 2.42. The molecule has 6 heteroatoms. The number of ether oxygens (including phenoxy) is 1. The van der Waals surface area contributed by atoms with Crippen LogP contribution < -0.4 is 15.8 Å². The molecule has 152 valence electrons. The third-order valence-electron chi connectivity index (χ3n) is 6.28. The highest BCUT2D eigenvalue weighted by molar-refractivity contribution is 5.87. The summed E-state index contributed by atoms with van der Waals surface area (Å²) in [5.74, 6) is 0.843. The second-order valence-corrected chi connectivity index (χ2v) is 7.86. The zero-order valence-electron chi connectivity index (χ0n) is 16.5. The lowest BCUT2D eigenvalue weighted by Gasteiger charge is -2.40. The fraction of sp³-hybridized carbons (Fsp3) is 0.391. The average molecular weight is 393 g/mol. The van der Waals surface area contributed by atoms with Gasteiger partial charge in [0.25, 0.3) is 0 Å². The van der Waals surface area contributed by atoms with Gasteiger partial charge in [-0.3, -0.25) is 4.79 Å². The van der Waals surface area contributed by atoms with Gasteiger partial charge in [0.1, 0.15) is 5.75 Å². The summed E-state index contributed by atoms with van der Waals surface area (Å²) in [6.45, 7) is 2.26. The molecular formula is C23H27N3O3. The van der Waals surface area contributed by atoms with Gasteiger partial charge in [-0.1, -0.05) is 48.5 Å². The van der Waals surface area contributed by atoms with Gasteiger partial charge in [0.15, 0.2) is 0 Å². The lowest BCUT2D eigenvalue weighted by atomic mass is 9.72. The van der Waals surface area contributed by atoms with E-state index in [9.17, 15) is 9.59 Å². The van der Waals surface area contributed by atoms with Crippen molar-refractivity contribution in [3.05, 3.63) is 65.7 Å². The molecule has 0 spiro atoms. The van der Waals surface area contributed by atoms with Crippen LogP contribution in [0.5, 0.6) is 5.75 Å². The minimum absolute atomic E-state index is 0.0832. The second kappa shape index (κ2) is 8.15. The number of carbonyl (C=O) groups excluding carboxylic acids is 2. The van der Waals surface area contributed by atoms with Crippen LogP contribution in [0.25, 0.3) is 0 Å². The van der Waals surface area contributed by atoms with Crippen molar-refractivity contribution in [3.8, 4) is 5.75 Å². The first-order valence-electron chi connectivity index (χ1n) is 10.2. The number of carbonyl (C=O) groups is 2. The number of benzene rings is 2. The number of hydrogen-bond donors (Lipinski definition) is 2. The first kappa shape index (κ1) is 19.3.